The smallest absolute Gasteiger partial charge is 0.315 e. The molecule has 1 fully saturated rings. The van der Waals surface area contributed by atoms with E-state index in [0.717, 1.165) is 12.8 Å². The summed E-state index contributed by atoms with van der Waals surface area (Å²) >= 11 is 11.8. The first-order chi connectivity index (χ1) is 10.1. The van der Waals surface area contributed by atoms with Crippen LogP contribution in [-0.4, -0.2) is 30.1 Å². The second-order valence-corrected chi connectivity index (χ2v) is 5.99. The van der Waals surface area contributed by atoms with Gasteiger partial charge < -0.3 is 16.0 Å². The Bertz CT molecular complexity index is 478. The van der Waals surface area contributed by atoms with Crippen LogP contribution >= 0.6 is 23.2 Å². The summed E-state index contributed by atoms with van der Waals surface area (Å²) in [6.07, 6.45) is 7.37. The van der Waals surface area contributed by atoms with Gasteiger partial charge in [-0.15, -0.1) is 0 Å². The molecule has 0 spiro atoms. The van der Waals surface area contributed by atoms with Gasteiger partial charge in [0.2, 0.25) is 0 Å². The second-order valence-electron chi connectivity index (χ2n) is 5.15. The van der Waals surface area contributed by atoms with Gasteiger partial charge in [-0.2, -0.15) is 0 Å². The van der Waals surface area contributed by atoms with Crippen LogP contribution < -0.4 is 16.0 Å². The zero-order chi connectivity index (χ0) is 15.1. The molecule has 2 amide bonds. The number of aromatic nitrogens is 1. The monoisotopic (exact) mass is 330 g/mol. The average molecular weight is 331 g/mol. The second kappa shape index (κ2) is 8.29. The van der Waals surface area contributed by atoms with E-state index >= 15 is 0 Å². The van der Waals surface area contributed by atoms with Crippen LogP contribution in [0.4, 0.5) is 10.6 Å². The van der Waals surface area contributed by atoms with Gasteiger partial charge in [-0.25, -0.2) is 9.78 Å². The van der Waals surface area contributed by atoms with Gasteiger partial charge in [0.05, 0.1) is 10.0 Å². The fourth-order valence-corrected chi connectivity index (χ4v) is 2.83. The summed E-state index contributed by atoms with van der Waals surface area (Å²) in [5, 5.41) is 9.84. The van der Waals surface area contributed by atoms with Gasteiger partial charge >= 0.3 is 6.03 Å². The Morgan fingerprint density at radius 3 is 2.71 bits per heavy atom. The van der Waals surface area contributed by atoms with Crippen molar-refractivity contribution in [1.29, 1.82) is 0 Å². The minimum atomic E-state index is -0.112. The molecule has 3 N–H and O–H groups in total. The Hall–Kier alpha value is -1.20. The molecule has 1 aromatic rings. The van der Waals surface area contributed by atoms with E-state index in [4.69, 9.17) is 23.2 Å². The topological polar surface area (TPSA) is 66.0 Å². The molecular formula is C14H20Cl2N4O. The van der Waals surface area contributed by atoms with E-state index in [2.05, 4.69) is 20.9 Å². The molecular weight excluding hydrogens is 311 g/mol. The van der Waals surface area contributed by atoms with Crippen LogP contribution in [0.15, 0.2) is 12.3 Å². The average Bonchev–Trinajstić information content (AvgIpc) is 2.46. The summed E-state index contributed by atoms with van der Waals surface area (Å²) in [4.78, 5) is 15.8. The maximum absolute atomic E-state index is 11.7. The molecule has 0 atom stereocenters. The molecule has 1 heterocycles. The van der Waals surface area contributed by atoms with Crippen LogP contribution in [0, 0.1) is 0 Å². The van der Waals surface area contributed by atoms with Crippen molar-refractivity contribution in [2.45, 2.75) is 38.1 Å². The summed E-state index contributed by atoms with van der Waals surface area (Å²) in [6.45, 7) is 1.05. The summed E-state index contributed by atoms with van der Waals surface area (Å²) in [6, 6.07) is 1.83. The van der Waals surface area contributed by atoms with E-state index < -0.39 is 0 Å². The van der Waals surface area contributed by atoms with E-state index in [1.807, 2.05) is 0 Å². The molecule has 0 aliphatic heterocycles. The number of hydrogen-bond acceptors (Lipinski definition) is 3. The third-order valence-corrected chi connectivity index (χ3v) is 3.95. The van der Waals surface area contributed by atoms with Crippen molar-refractivity contribution >= 4 is 35.1 Å². The highest BCUT2D eigenvalue weighted by Crippen LogP contribution is 2.22. The van der Waals surface area contributed by atoms with Crippen LogP contribution in [0.25, 0.3) is 0 Å². The van der Waals surface area contributed by atoms with Crippen molar-refractivity contribution in [3.8, 4) is 0 Å². The van der Waals surface area contributed by atoms with Crippen LogP contribution in [0.1, 0.15) is 32.1 Å². The lowest BCUT2D eigenvalue weighted by Crippen LogP contribution is -2.44. The van der Waals surface area contributed by atoms with Gasteiger partial charge in [0.1, 0.15) is 5.82 Å². The lowest BCUT2D eigenvalue weighted by molar-refractivity contribution is 0.233. The maximum Gasteiger partial charge on any atom is 0.315 e. The number of pyridine rings is 1. The van der Waals surface area contributed by atoms with Crippen molar-refractivity contribution in [3.63, 3.8) is 0 Å². The summed E-state index contributed by atoms with van der Waals surface area (Å²) < 4.78 is 0. The summed E-state index contributed by atoms with van der Waals surface area (Å²) in [7, 11) is 0. The Morgan fingerprint density at radius 1 is 1.24 bits per heavy atom. The van der Waals surface area contributed by atoms with Crippen molar-refractivity contribution < 1.29 is 4.79 Å². The minimum absolute atomic E-state index is 0.112. The first-order valence-corrected chi connectivity index (χ1v) is 8.00. The molecule has 0 unspecified atom stereocenters. The Balaban J connectivity index is 1.63. The van der Waals surface area contributed by atoms with Gasteiger partial charge in [-0.1, -0.05) is 42.5 Å². The highest BCUT2D eigenvalue weighted by atomic mass is 35.5. The Kier molecular flexibility index (Phi) is 6.39. The van der Waals surface area contributed by atoms with Crippen LogP contribution in [0.5, 0.6) is 0 Å². The molecule has 2 rings (SSSR count). The minimum Gasteiger partial charge on any atom is -0.367 e. The summed E-state index contributed by atoms with van der Waals surface area (Å²) in [5.41, 5.74) is 0. The number of urea groups is 1. The largest absolute Gasteiger partial charge is 0.367 e. The van der Waals surface area contributed by atoms with Crippen LogP contribution in [-0.2, 0) is 0 Å². The predicted molar refractivity (Wildman–Crippen MR) is 86.2 cm³/mol. The number of nitrogens with zero attached hydrogens (tertiary/aromatic N) is 1. The van der Waals surface area contributed by atoms with E-state index in [0.29, 0.717) is 35.0 Å². The molecule has 0 bridgehead atoms. The molecule has 21 heavy (non-hydrogen) atoms. The zero-order valence-corrected chi connectivity index (χ0v) is 13.3. The van der Waals surface area contributed by atoms with Gasteiger partial charge in [0, 0.05) is 25.3 Å². The van der Waals surface area contributed by atoms with E-state index in [1.54, 1.807) is 6.07 Å². The van der Waals surface area contributed by atoms with Gasteiger partial charge in [0.25, 0.3) is 0 Å². The van der Waals surface area contributed by atoms with Crippen LogP contribution in [0.3, 0.4) is 0 Å². The Labute approximate surface area is 134 Å². The molecule has 1 aliphatic rings. The van der Waals surface area contributed by atoms with E-state index in [9.17, 15) is 4.79 Å². The third-order valence-electron chi connectivity index (χ3n) is 3.45. The maximum atomic E-state index is 11.7. The fraction of sp³-hybridized carbons (Fsp3) is 0.571. The van der Waals surface area contributed by atoms with E-state index in [-0.39, 0.29) is 6.03 Å². The molecule has 7 heteroatoms. The highest BCUT2D eigenvalue weighted by Gasteiger charge is 2.15. The van der Waals surface area contributed by atoms with Crippen molar-refractivity contribution in [1.82, 2.24) is 15.6 Å². The van der Waals surface area contributed by atoms with Gasteiger partial charge in [-0.05, 0) is 18.9 Å². The SMILES string of the molecule is O=C(NCCNc1ncc(Cl)cc1Cl)NC1CCCCC1. The van der Waals surface area contributed by atoms with Crippen molar-refractivity contribution in [3.05, 3.63) is 22.3 Å². The Morgan fingerprint density at radius 2 is 2.00 bits per heavy atom. The van der Waals surface area contributed by atoms with E-state index in [1.165, 1.54) is 25.5 Å². The van der Waals surface area contributed by atoms with Crippen molar-refractivity contribution in [2.24, 2.45) is 0 Å². The number of rotatable bonds is 5. The lowest BCUT2D eigenvalue weighted by atomic mass is 9.96. The molecule has 5 nitrogen and oxygen atoms in total. The number of nitrogens with one attached hydrogen (secondary N) is 3. The normalized spacial score (nSPS) is 15.5. The quantitative estimate of drug-likeness (QED) is 0.724. The number of hydrogen-bond donors (Lipinski definition) is 3. The first-order valence-electron chi connectivity index (χ1n) is 7.24. The molecule has 0 aromatic carbocycles. The lowest BCUT2D eigenvalue weighted by Gasteiger charge is -2.22. The molecule has 1 saturated carbocycles. The number of carbonyl (C=O) groups excluding carboxylic acids is 1. The van der Waals surface area contributed by atoms with Gasteiger partial charge in [0.15, 0.2) is 0 Å². The zero-order valence-electron chi connectivity index (χ0n) is 11.8. The predicted octanol–water partition coefficient (Wildman–Crippen LogP) is 3.43. The van der Waals surface area contributed by atoms with Gasteiger partial charge in [-0.3, -0.25) is 0 Å². The molecule has 116 valence electrons. The van der Waals surface area contributed by atoms with Crippen molar-refractivity contribution in [2.75, 3.05) is 18.4 Å². The number of carbonyl (C=O) groups is 1. The standard InChI is InChI=1S/C14H20Cl2N4O/c15-10-8-12(16)13(19-9-10)17-6-7-18-14(21)20-11-4-2-1-3-5-11/h8-9,11H,1-7H2,(H,17,19)(H2,18,20,21). The number of anilines is 1. The molecule has 1 aliphatic carbocycles. The molecule has 0 radical (unpaired) electrons. The molecule has 0 saturated heterocycles. The summed E-state index contributed by atoms with van der Waals surface area (Å²) in [5.74, 6) is 0.565. The number of amides is 2. The number of halogens is 2. The fourth-order valence-electron chi connectivity index (χ4n) is 2.38. The molecule has 1 aromatic heterocycles. The highest BCUT2D eigenvalue weighted by molar-refractivity contribution is 6.35. The third kappa shape index (κ3) is 5.59. The first kappa shape index (κ1) is 16.2. The van der Waals surface area contributed by atoms with Crippen LogP contribution in [0.2, 0.25) is 10.0 Å².